The minimum absolute atomic E-state index is 0.00647. The molecule has 4 rings (SSSR count). The van der Waals surface area contributed by atoms with Crippen LogP contribution in [0.2, 0.25) is 0 Å². The van der Waals surface area contributed by atoms with Crippen molar-refractivity contribution in [2.45, 2.75) is 69.5 Å². The standard InChI is InChI=1S/C16H31N7O4/c1-16(2,3)27-15(24)19-5-4-18-12-8(25-12)6-23-7-20-9-10-13(26-10)22-14(17)21-11(9)23/h8-14,18,20-22H,4-7,17H2,1-3H3,(H,19,24). The summed E-state index contributed by atoms with van der Waals surface area (Å²) < 4.78 is 16.5. The molecule has 0 aromatic rings. The predicted octanol–water partition coefficient (Wildman–Crippen LogP) is -2.46. The van der Waals surface area contributed by atoms with Gasteiger partial charge in [0.1, 0.15) is 36.6 Å². The van der Waals surface area contributed by atoms with E-state index in [9.17, 15) is 4.79 Å². The van der Waals surface area contributed by atoms with E-state index in [0.717, 1.165) is 13.2 Å². The molecule has 0 spiro atoms. The molecule has 0 saturated carbocycles. The van der Waals surface area contributed by atoms with Gasteiger partial charge >= 0.3 is 6.09 Å². The van der Waals surface area contributed by atoms with Gasteiger partial charge < -0.3 is 25.3 Å². The van der Waals surface area contributed by atoms with Crippen molar-refractivity contribution in [3.63, 3.8) is 0 Å². The molecule has 1 amide bonds. The highest BCUT2D eigenvalue weighted by molar-refractivity contribution is 5.67. The lowest BCUT2D eigenvalue weighted by Crippen LogP contribution is -2.58. The first-order valence-corrected chi connectivity index (χ1v) is 9.56. The first-order chi connectivity index (χ1) is 12.8. The number of nitrogens with two attached hydrogens (primary N) is 1. The third-order valence-electron chi connectivity index (χ3n) is 4.97. The van der Waals surface area contributed by atoms with Crippen molar-refractivity contribution in [2.24, 2.45) is 5.73 Å². The molecule has 4 aliphatic rings. The molecule has 11 nitrogen and oxygen atoms in total. The van der Waals surface area contributed by atoms with E-state index in [4.69, 9.17) is 19.9 Å². The minimum Gasteiger partial charge on any atom is -0.444 e. The molecule has 0 aromatic carbocycles. The Labute approximate surface area is 159 Å². The maximum atomic E-state index is 11.6. The second-order valence-corrected chi connectivity index (χ2v) is 8.41. The van der Waals surface area contributed by atoms with Crippen LogP contribution in [0.25, 0.3) is 0 Å². The zero-order valence-electron chi connectivity index (χ0n) is 16.0. The number of alkyl carbamates (subject to hydrolysis) is 1. The zero-order valence-corrected chi connectivity index (χ0v) is 16.0. The maximum absolute atomic E-state index is 11.6. The smallest absolute Gasteiger partial charge is 0.407 e. The Morgan fingerprint density at radius 2 is 2.11 bits per heavy atom. The van der Waals surface area contributed by atoms with E-state index >= 15 is 0 Å². The summed E-state index contributed by atoms with van der Waals surface area (Å²) >= 11 is 0. The second kappa shape index (κ2) is 7.41. The van der Waals surface area contributed by atoms with E-state index in [-0.39, 0.29) is 43.2 Å². The van der Waals surface area contributed by atoms with Gasteiger partial charge in [-0.05, 0) is 20.8 Å². The van der Waals surface area contributed by atoms with Crippen molar-refractivity contribution in [1.82, 2.24) is 31.5 Å². The first-order valence-electron chi connectivity index (χ1n) is 9.56. The maximum Gasteiger partial charge on any atom is 0.407 e. The molecule has 7 atom stereocenters. The number of epoxide rings is 2. The third kappa shape index (κ3) is 4.87. The molecular formula is C16H31N7O4. The molecule has 0 radical (unpaired) electrons. The monoisotopic (exact) mass is 385 g/mol. The molecule has 27 heavy (non-hydrogen) atoms. The van der Waals surface area contributed by atoms with Gasteiger partial charge in [-0.15, -0.1) is 0 Å². The summed E-state index contributed by atoms with van der Waals surface area (Å²) in [6.45, 7) is 8.19. The molecule has 4 fully saturated rings. The van der Waals surface area contributed by atoms with Gasteiger partial charge in [0.2, 0.25) is 0 Å². The predicted molar refractivity (Wildman–Crippen MR) is 96.1 cm³/mol. The molecule has 0 aliphatic carbocycles. The summed E-state index contributed by atoms with van der Waals surface area (Å²) in [5, 5.41) is 16.1. The van der Waals surface area contributed by atoms with Gasteiger partial charge in [-0.1, -0.05) is 0 Å². The van der Waals surface area contributed by atoms with Gasteiger partial charge in [0, 0.05) is 19.6 Å². The number of ether oxygens (including phenoxy) is 3. The van der Waals surface area contributed by atoms with E-state index < -0.39 is 11.7 Å². The van der Waals surface area contributed by atoms with E-state index in [1.807, 2.05) is 20.8 Å². The molecule has 11 heteroatoms. The number of hydrogen-bond donors (Lipinski definition) is 6. The van der Waals surface area contributed by atoms with E-state index in [1.165, 1.54) is 0 Å². The van der Waals surface area contributed by atoms with Crippen LogP contribution in [-0.4, -0.2) is 86.1 Å². The molecule has 154 valence electrons. The molecule has 4 heterocycles. The Kier molecular flexibility index (Phi) is 5.29. The van der Waals surface area contributed by atoms with Crippen LogP contribution in [0.5, 0.6) is 0 Å². The van der Waals surface area contributed by atoms with Crippen molar-refractivity contribution in [2.75, 3.05) is 26.3 Å². The Morgan fingerprint density at radius 1 is 1.30 bits per heavy atom. The summed E-state index contributed by atoms with van der Waals surface area (Å²) in [6, 6.07) is 0.222. The normalized spacial score (nSPS) is 40.7. The van der Waals surface area contributed by atoms with Crippen LogP contribution in [0.4, 0.5) is 4.79 Å². The molecule has 7 N–H and O–H groups in total. The zero-order chi connectivity index (χ0) is 19.2. The molecule has 7 unspecified atom stereocenters. The Bertz CT molecular complexity index is 559. The van der Waals surface area contributed by atoms with Crippen molar-refractivity contribution in [3.8, 4) is 0 Å². The van der Waals surface area contributed by atoms with Crippen LogP contribution in [0, 0.1) is 0 Å². The number of rotatable bonds is 6. The lowest BCUT2D eigenvalue weighted by atomic mass is 10.1. The first kappa shape index (κ1) is 19.3. The highest BCUT2D eigenvalue weighted by Crippen LogP contribution is 2.31. The van der Waals surface area contributed by atoms with Gasteiger partial charge in [0.25, 0.3) is 0 Å². The fraction of sp³-hybridized carbons (Fsp3) is 0.938. The fourth-order valence-corrected chi connectivity index (χ4v) is 3.67. The summed E-state index contributed by atoms with van der Waals surface area (Å²) in [5.74, 6) is 0. The van der Waals surface area contributed by atoms with Crippen molar-refractivity contribution in [1.29, 1.82) is 0 Å². The lowest BCUT2D eigenvalue weighted by molar-refractivity contribution is 0.0528. The van der Waals surface area contributed by atoms with Gasteiger partial charge in [-0.2, -0.15) is 0 Å². The number of fused-ring (bicyclic) bond motifs is 3. The average Bonchev–Trinajstić information content (AvgIpc) is 3.43. The summed E-state index contributed by atoms with van der Waals surface area (Å²) in [5.41, 5.74) is 5.56. The van der Waals surface area contributed by atoms with E-state index in [1.54, 1.807) is 0 Å². The average molecular weight is 385 g/mol. The topological polar surface area (TPSA) is 141 Å². The number of nitrogens with one attached hydrogen (secondary N) is 5. The van der Waals surface area contributed by atoms with Crippen LogP contribution < -0.4 is 32.3 Å². The second-order valence-electron chi connectivity index (χ2n) is 8.41. The number of carbonyl (C=O) groups excluding carboxylic acids is 1. The Morgan fingerprint density at radius 3 is 2.89 bits per heavy atom. The van der Waals surface area contributed by atoms with Crippen LogP contribution in [0.3, 0.4) is 0 Å². The lowest BCUT2D eigenvalue weighted by Gasteiger charge is -2.28. The molecule has 4 saturated heterocycles. The van der Waals surface area contributed by atoms with Gasteiger partial charge in [0.15, 0.2) is 0 Å². The fourth-order valence-electron chi connectivity index (χ4n) is 3.67. The highest BCUT2D eigenvalue weighted by Gasteiger charge is 2.55. The number of nitrogens with zero attached hydrogens (tertiary/aromatic N) is 1. The molecular weight excluding hydrogens is 354 g/mol. The SMILES string of the molecule is CC(C)(C)OC(=O)NCCNC1OC1CN1CNC2C3OC3NC(N)NC21. The summed E-state index contributed by atoms with van der Waals surface area (Å²) in [4.78, 5) is 13.9. The number of hydrogen-bond acceptors (Lipinski definition) is 10. The minimum atomic E-state index is -0.487. The number of carbonyl (C=O) groups is 1. The Balaban J connectivity index is 1.14. The third-order valence-corrected chi connectivity index (χ3v) is 4.97. The number of amides is 1. The summed E-state index contributed by atoms with van der Waals surface area (Å²) in [6.07, 6.45) is -0.247. The molecule has 0 bridgehead atoms. The van der Waals surface area contributed by atoms with Gasteiger partial charge in [-0.25, -0.2) is 4.79 Å². The molecule has 0 aromatic heterocycles. The van der Waals surface area contributed by atoms with Crippen molar-refractivity contribution >= 4 is 6.09 Å². The van der Waals surface area contributed by atoms with Crippen LogP contribution in [0.15, 0.2) is 0 Å². The Hall–Kier alpha value is -1.05. The van der Waals surface area contributed by atoms with Crippen molar-refractivity contribution in [3.05, 3.63) is 0 Å². The highest BCUT2D eigenvalue weighted by atomic mass is 16.6. The van der Waals surface area contributed by atoms with Crippen LogP contribution in [0.1, 0.15) is 20.8 Å². The van der Waals surface area contributed by atoms with Crippen molar-refractivity contribution < 1.29 is 19.0 Å². The van der Waals surface area contributed by atoms with Crippen LogP contribution >= 0.6 is 0 Å². The quantitative estimate of drug-likeness (QED) is 0.215. The van der Waals surface area contributed by atoms with Crippen LogP contribution in [-0.2, 0) is 14.2 Å². The van der Waals surface area contributed by atoms with E-state index in [0.29, 0.717) is 13.1 Å². The van der Waals surface area contributed by atoms with Gasteiger partial charge in [-0.3, -0.25) is 26.2 Å². The largest absolute Gasteiger partial charge is 0.444 e. The summed E-state index contributed by atoms with van der Waals surface area (Å²) in [7, 11) is 0. The van der Waals surface area contributed by atoms with Gasteiger partial charge in [0.05, 0.1) is 18.9 Å². The van der Waals surface area contributed by atoms with E-state index in [2.05, 4.69) is 31.5 Å². The molecule has 4 aliphatic heterocycles.